The number of ether oxygens (including phenoxy) is 1. The van der Waals surface area contributed by atoms with Crippen LogP contribution in [-0.2, 0) is 14.4 Å². The molecule has 3 amide bonds. The first-order valence-corrected chi connectivity index (χ1v) is 12.3. The molecule has 0 atom stereocenters. The smallest absolute Gasteiger partial charge is 0.250 e. The zero-order valence-corrected chi connectivity index (χ0v) is 20.5. The Bertz CT molecular complexity index is 1050. The van der Waals surface area contributed by atoms with Crippen LogP contribution in [0.3, 0.4) is 0 Å². The molecule has 0 aromatic heterocycles. The molecule has 1 N–H and O–H groups in total. The number of unbranched alkanes of at least 4 members (excludes halogenated alkanes) is 1. The molecule has 8 heteroatoms. The number of hydrogen-bond acceptors (Lipinski definition) is 5. The maximum atomic E-state index is 13.8. The number of benzene rings is 2. The molecule has 186 valence electrons. The molecule has 0 bridgehead atoms. The summed E-state index contributed by atoms with van der Waals surface area (Å²) in [5, 5.41) is 2.87. The topological polar surface area (TPSA) is 82.2 Å². The molecule has 2 aliphatic heterocycles. The fourth-order valence-corrected chi connectivity index (χ4v) is 5.01. The number of carbonyl (C=O) groups excluding carboxylic acids is 3. The van der Waals surface area contributed by atoms with Crippen molar-refractivity contribution in [1.29, 1.82) is 0 Å². The van der Waals surface area contributed by atoms with Gasteiger partial charge in [-0.25, -0.2) is 0 Å². The first-order chi connectivity index (χ1) is 17.0. The first kappa shape index (κ1) is 24.6. The summed E-state index contributed by atoms with van der Waals surface area (Å²) in [7, 11) is 1.57. The van der Waals surface area contributed by atoms with Crippen LogP contribution in [0.15, 0.2) is 54.6 Å². The van der Waals surface area contributed by atoms with Crippen LogP contribution in [0.5, 0.6) is 5.75 Å². The number of anilines is 2. The fraction of sp³-hybridized carbons (Fsp3) is 0.444. The third-order valence-electron chi connectivity index (χ3n) is 6.96. The maximum Gasteiger partial charge on any atom is 0.250 e. The summed E-state index contributed by atoms with van der Waals surface area (Å²) in [5.41, 5.74) is 0.816. The number of rotatable bonds is 8. The Morgan fingerprint density at radius 3 is 2.49 bits per heavy atom. The summed E-state index contributed by atoms with van der Waals surface area (Å²) >= 11 is 0. The van der Waals surface area contributed by atoms with Crippen molar-refractivity contribution in [3.63, 3.8) is 0 Å². The molecule has 0 aliphatic carbocycles. The molecule has 2 aromatic rings. The zero-order chi connectivity index (χ0) is 24.8. The van der Waals surface area contributed by atoms with Gasteiger partial charge in [0.1, 0.15) is 17.8 Å². The number of hydrogen-bond donors (Lipinski definition) is 1. The van der Waals surface area contributed by atoms with Crippen LogP contribution in [0, 0.1) is 0 Å². The average Bonchev–Trinajstić information content (AvgIpc) is 3.14. The summed E-state index contributed by atoms with van der Waals surface area (Å²) in [6.45, 7) is 3.45. The van der Waals surface area contributed by atoms with Crippen molar-refractivity contribution in [3.05, 3.63) is 54.6 Å². The van der Waals surface area contributed by atoms with Crippen LogP contribution in [0.2, 0.25) is 0 Å². The minimum absolute atomic E-state index is 0.0414. The van der Waals surface area contributed by atoms with Crippen molar-refractivity contribution < 1.29 is 19.1 Å². The molecule has 35 heavy (non-hydrogen) atoms. The van der Waals surface area contributed by atoms with E-state index in [1.807, 2.05) is 35.2 Å². The Morgan fingerprint density at radius 2 is 1.80 bits per heavy atom. The Labute approximate surface area is 206 Å². The Hall–Kier alpha value is -3.55. The fourth-order valence-electron chi connectivity index (χ4n) is 5.01. The number of methoxy groups -OCH3 is 1. The van der Waals surface area contributed by atoms with E-state index >= 15 is 0 Å². The van der Waals surface area contributed by atoms with E-state index in [1.165, 1.54) is 0 Å². The second-order valence-corrected chi connectivity index (χ2v) is 9.20. The Balaban J connectivity index is 1.49. The van der Waals surface area contributed by atoms with E-state index < -0.39 is 5.54 Å². The summed E-state index contributed by atoms with van der Waals surface area (Å²) < 4.78 is 5.22. The molecule has 2 fully saturated rings. The van der Waals surface area contributed by atoms with Crippen LogP contribution in [0.25, 0.3) is 0 Å². The summed E-state index contributed by atoms with van der Waals surface area (Å²) in [5.74, 6) is 0.495. The highest BCUT2D eigenvalue weighted by atomic mass is 16.5. The molecule has 8 nitrogen and oxygen atoms in total. The van der Waals surface area contributed by atoms with E-state index in [0.717, 1.165) is 18.5 Å². The maximum absolute atomic E-state index is 13.8. The largest absolute Gasteiger partial charge is 0.497 e. The van der Waals surface area contributed by atoms with Gasteiger partial charge in [-0.1, -0.05) is 37.6 Å². The number of likely N-dealkylation sites (tertiary alicyclic amines) is 1. The summed E-state index contributed by atoms with van der Waals surface area (Å²) in [6.07, 6.45) is 3.51. The monoisotopic (exact) mass is 478 g/mol. The average molecular weight is 479 g/mol. The van der Waals surface area contributed by atoms with Gasteiger partial charge in [0.05, 0.1) is 13.8 Å². The van der Waals surface area contributed by atoms with Gasteiger partial charge in [-0.15, -0.1) is 0 Å². The van der Waals surface area contributed by atoms with Crippen LogP contribution < -0.4 is 15.0 Å². The molecule has 0 saturated carbocycles. The minimum Gasteiger partial charge on any atom is -0.497 e. The molecule has 4 rings (SSSR count). The molecule has 2 saturated heterocycles. The summed E-state index contributed by atoms with van der Waals surface area (Å²) in [4.78, 5) is 44.8. The second kappa shape index (κ2) is 10.8. The van der Waals surface area contributed by atoms with Gasteiger partial charge in [0, 0.05) is 37.0 Å². The van der Waals surface area contributed by atoms with Gasteiger partial charge < -0.3 is 24.8 Å². The lowest BCUT2D eigenvalue weighted by atomic mass is 9.85. The highest BCUT2D eigenvalue weighted by Gasteiger charge is 2.54. The molecule has 1 spiro atoms. The van der Waals surface area contributed by atoms with E-state index in [9.17, 15) is 14.4 Å². The number of carbonyl (C=O) groups is 3. The van der Waals surface area contributed by atoms with Gasteiger partial charge >= 0.3 is 0 Å². The normalized spacial score (nSPS) is 17.1. The predicted octanol–water partition coefficient (Wildman–Crippen LogP) is 3.49. The van der Waals surface area contributed by atoms with Gasteiger partial charge in [0.25, 0.3) is 5.91 Å². The highest BCUT2D eigenvalue weighted by Crippen LogP contribution is 2.39. The van der Waals surface area contributed by atoms with Crippen molar-refractivity contribution in [2.45, 2.75) is 44.6 Å². The van der Waals surface area contributed by atoms with Crippen molar-refractivity contribution in [2.75, 3.05) is 43.6 Å². The number of nitrogens with one attached hydrogen (secondary N) is 1. The molecule has 2 aliphatic rings. The highest BCUT2D eigenvalue weighted by molar-refractivity contribution is 5.99. The summed E-state index contributed by atoms with van der Waals surface area (Å²) in [6, 6.07) is 17.0. The number of para-hydroxylation sites is 1. The standard InChI is InChI=1S/C27H34N4O4/c1-3-4-13-25(33)29-16-14-27(15-17-29)26(34)30(20-31(27)22-10-6-5-7-11-22)19-24(32)28-21-9-8-12-23(18-21)35-2/h5-12,18H,3-4,13-17,19-20H2,1-2H3,(H,28,32). The van der Waals surface area contributed by atoms with Crippen molar-refractivity contribution in [1.82, 2.24) is 9.80 Å². The van der Waals surface area contributed by atoms with Crippen LogP contribution in [-0.4, -0.2) is 66.5 Å². The minimum atomic E-state index is -0.751. The lowest BCUT2D eigenvalue weighted by molar-refractivity contribution is -0.139. The number of amides is 3. The van der Waals surface area contributed by atoms with Gasteiger partial charge in [-0.3, -0.25) is 14.4 Å². The zero-order valence-electron chi connectivity index (χ0n) is 20.5. The van der Waals surface area contributed by atoms with Crippen molar-refractivity contribution in [2.24, 2.45) is 0 Å². The quantitative estimate of drug-likeness (QED) is 0.628. The molecule has 2 heterocycles. The second-order valence-electron chi connectivity index (χ2n) is 9.20. The van der Waals surface area contributed by atoms with Gasteiger partial charge in [0.2, 0.25) is 11.8 Å². The number of piperidine rings is 1. The van der Waals surface area contributed by atoms with Gasteiger partial charge in [-0.05, 0) is 43.5 Å². The van der Waals surface area contributed by atoms with Crippen molar-refractivity contribution in [3.8, 4) is 5.75 Å². The Kier molecular flexibility index (Phi) is 7.58. The molecule has 2 aromatic carbocycles. The van der Waals surface area contributed by atoms with E-state index in [1.54, 1.807) is 36.3 Å². The van der Waals surface area contributed by atoms with Crippen LogP contribution >= 0.6 is 0 Å². The Morgan fingerprint density at radius 1 is 1.06 bits per heavy atom. The van der Waals surface area contributed by atoms with E-state index in [4.69, 9.17) is 4.74 Å². The molecular formula is C27H34N4O4. The van der Waals surface area contributed by atoms with E-state index in [2.05, 4.69) is 17.1 Å². The third-order valence-corrected chi connectivity index (χ3v) is 6.96. The lowest BCUT2D eigenvalue weighted by Crippen LogP contribution is -2.57. The van der Waals surface area contributed by atoms with E-state index in [0.29, 0.717) is 50.5 Å². The molecule has 0 radical (unpaired) electrons. The lowest BCUT2D eigenvalue weighted by Gasteiger charge is -2.43. The van der Waals surface area contributed by atoms with Crippen LogP contribution in [0.1, 0.15) is 39.0 Å². The SMILES string of the molecule is CCCCC(=O)N1CCC2(CC1)C(=O)N(CC(=O)Nc1cccc(OC)c1)CN2c1ccccc1. The first-order valence-electron chi connectivity index (χ1n) is 12.3. The van der Waals surface area contributed by atoms with Crippen LogP contribution in [0.4, 0.5) is 11.4 Å². The van der Waals surface area contributed by atoms with E-state index in [-0.39, 0.29) is 24.3 Å². The number of nitrogens with zero attached hydrogens (tertiary/aromatic N) is 3. The third kappa shape index (κ3) is 5.26. The van der Waals surface area contributed by atoms with Gasteiger partial charge in [-0.2, -0.15) is 0 Å². The van der Waals surface area contributed by atoms with Crippen molar-refractivity contribution >= 4 is 29.1 Å². The predicted molar refractivity (Wildman–Crippen MR) is 135 cm³/mol. The van der Waals surface area contributed by atoms with Gasteiger partial charge in [0.15, 0.2) is 0 Å². The molecular weight excluding hydrogens is 444 g/mol. The molecule has 0 unspecified atom stereocenters.